The van der Waals surface area contributed by atoms with Crippen LogP contribution in [0.3, 0.4) is 0 Å². The van der Waals surface area contributed by atoms with Gasteiger partial charge in [0.25, 0.3) is 0 Å². The lowest BCUT2D eigenvalue weighted by Crippen LogP contribution is -2.58. The predicted molar refractivity (Wildman–Crippen MR) is 97.8 cm³/mol. The minimum Gasteiger partial charge on any atom is -0.223 e. The Morgan fingerprint density at radius 3 is 2.07 bits per heavy atom. The summed E-state index contributed by atoms with van der Waals surface area (Å²) < 4.78 is 115. The summed E-state index contributed by atoms with van der Waals surface area (Å²) in [5.74, 6) is -2.05. The zero-order valence-corrected chi connectivity index (χ0v) is 17.1. The molecule has 5 nitrogen and oxygen atoms in total. The summed E-state index contributed by atoms with van der Waals surface area (Å²) in [5, 5.41) is 0.198. The third-order valence-corrected chi connectivity index (χ3v) is 8.82. The van der Waals surface area contributed by atoms with Gasteiger partial charge in [-0.1, -0.05) is 11.6 Å². The van der Waals surface area contributed by atoms with Gasteiger partial charge in [0.2, 0.25) is 0 Å². The first kappa shape index (κ1) is 22.9. The summed E-state index contributed by atoms with van der Waals surface area (Å²) in [6, 6.07) is 5.34. The molecule has 164 valence electrons. The monoisotopic (exact) mass is 489 g/mol. The van der Waals surface area contributed by atoms with Crippen molar-refractivity contribution < 1.29 is 38.8 Å². The molecule has 13 heteroatoms. The molecule has 0 unspecified atom stereocenters. The summed E-state index contributed by atoms with van der Waals surface area (Å²) in [6.07, 6.45) is -1.46. The van der Waals surface area contributed by atoms with Crippen molar-refractivity contribution in [2.75, 3.05) is 0 Å². The van der Waals surface area contributed by atoms with E-state index in [-0.39, 0.29) is 9.92 Å². The van der Waals surface area contributed by atoms with Gasteiger partial charge in [0.1, 0.15) is 16.4 Å². The Morgan fingerprint density at radius 2 is 1.53 bits per heavy atom. The highest BCUT2D eigenvalue weighted by Crippen LogP contribution is 2.52. The van der Waals surface area contributed by atoms with Crippen LogP contribution in [0.15, 0.2) is 47.4 Å². The fourth-order valence-electron chi connectivity index (χ4n) is 3.38. The maximum atomic E-state index is 14.5. The van der Waals surface area contributed by atoms with Gasteiger partial charge in [-0.05, 0) is 55.3 Å². The van der Waals surface area contributed by atoms with Gasteiger partial charge in [-0.2, -0.15) is 13.2 Å². The second kappa shape index (κ2) is 7.43. The van der Waals surface area contributed by atoms with Crippen LogP contribution in [0.25, 0.3) is 0 Å². The average molecular weight is 490 g/mol. The van der Waals surface area contributed by atoms with Crippen LogP contribution in [0.4, 0.5) is 22.0 Å². The Labute approximate surface area is 173 Å². The summed E-state index contributed by atoms with van der Waals surface area (Å²) >= 11 is 5.74. The Balaban J connectivity index is 2.07. The van der Waals surface area contributed by atoms with Gasteiger partial charge in [0.15, 0.2) is 9.84 Å². The number of alkyl halides is 3. The molecule has 0 amide bonds. The Hall–Kier alpha value is -1.76. The number of rotatable bonds is 5. The number of hydrogen-bond donors (Lipinski definition) is 1. The van der Waals surface area contributed by atoms with Crippen molar-refractivity contribution in [2.24, 2.45) is 0 Å². The van der Waals surface area contributed by atoms with E-state index in [1.54, 1.807) is 0 Å². The zero-order chi connectivity index (χ0) is 22.5. The highest BCUT2D eigenvalue weighted by molar-refractivity contribution is 7.92. The number of benzene rings is 2. The number of hydrogen-bond acceptors (Lipinski definition) is 4. The van der Waals surface area contributed by atoms with E-state index in [9.17, 15) is 38.8 Å². The summed E-state index contributed by atoms with van der Waals surface area (Å²) in [6.45, 7) is 0. The van der Waals surface area contributed by atoms with Crippen molar-refractivity contribution in [2.45, 2.75) is 34.0 Å². The molecule has 0 heterocycles. The first-order valence-electron chi connectivity index (χ1n) is 8.24. The summed E-state index contributed by atoms with van der Waals surface area (Å²) in [7, 11) is -10.2. The molecule has 1 fully saturated rings. The van der Waals surface area contributed by atoms with E-state index in [0.717, 1.165) is 18.2 Å². The van der Waals surface area contributed by atoms with Gasteiger partial charge < -0.3 is 0 Å². The van der Waals surface area contributed by atoms with Crippen molar-refractivity contribution in [3.8, 4) is 0 Å². The van der Waals surface area contributed by atoms with E-state index < -0.39 is 66.2 Å². The van der Waals surface area contributed by atoms with Gasteiger partial charge in [-0.3, -0.25) is 0 Å². The van der Waals surface area contributed by atoms with E-state index in [1.807, 2.05) is 0 Å². The van der Waals surface area contributed by atoms with Crippen molar-refractivity contribution in [3.05, 3.63) is 64.7 Å². The van der Waals surface area contributed by atoms with E-state index >= 15 is 0 Å². The Morgan fingerprint density at radius 1 is 0.967 bits per heavy atom. The van der Waals surface area contributed by atoms with Gasteiger partial charge in [-0.25, -0.2) is 30.3 Å². The molecule has 0 aromatic heterocycles. The van der Waals surface area contributed by atoms with Crippen molar-refractivity contribution in [3.63, 3.8) is 0 Å². The highest BCUT2D eigenvalue weighted by Gasteiger charge is 2.59. The van der Waals surface area contributed by atoms with Gasteiger partial charge >= 0.3 is 15.5 Å². The standard InChI is InChI=1S/C17H13ClF5NO4S2/c18-10-1-4-13(5-2-10)29(25,26)16(14-7-11(19)3-6-15(14)20)8-12(9-16)24-30(27,28)17(21,22)23/h1-7,12,24H,8-9H2/t12-,16+. The maximum absolute atomic E-state index is 14.5. The number of halogens is 6. The molecule has 1 saturated carbocycles. The fraction of sp³-hybridized carbons (Fsp3) is 0.294. The minimum atomic E-state index is -5.75. The third-order valence-electron chi connectivity index (χ3n) is 4.84. The normalized spacial score (nSPS) is 22.5. The molecule has 0 atom stereocenters. The third kappa shape index (κ3) is 3.81. The summed E-state index contributed by atoms with van der Waals surface area (Å²) in [4.78, 5) is -0.326. The van der Waals surface area contributed by atoms with Crippen LogP contribution < -0.4 is 4.72 Å². The van der Waals surface area contributed by atoms with Gasteiger partial charge in [0.05, 0.1) is 4.90 Å². The van der Waals surface area contributed by atoms with Crippen LogP contribution in [0, 0.1) is 11.6 Å². The average Bonchev–Trinajstić information content (AvgIpc) is 2.59. The van der Waals surface area contributed by atoms with Crippen LogP contribution in [-0.2, 0) is 24.6 Å². The number of nitrogens with one attached hydrogen (secondary N) is 1. The molecule has 1 aliphatic rings. The smallest absolute Gasteiger partial charge is 0.223 e. The van der Waals surface area contributed by atoms with Gasteiger partial charge in [-0.15, -0.1) is 0 Å². The van der Waals surface area contributed by atoms with Crippen LogP contribution in [0.5, 0.6) is 0 Å². The predicted octanol–water partition coefficient (Wildman–Crippen LogP) is 3.89. The molecule has 30 heavy (non-hydrogen) atoms. The van der Waals surface area contributed by atoms with Crippen LogP contribution >= 0.6 is 11.6 Å². The molecule has 0 spiro atoms. The number of sulfone groups is 1. The van der Waals surface area contributed by atoms with E-state index in [4.69, 9.17) is 11.6 Å². The fourth-order valence-corrected chi connectivity index (χ4v) is 6.47. The van der Waals surface area contributed by atoms with Crippen molar-refractivity contribution in [1.82, 2.24) is 4.72 Å². The summed E-state index contributed by atoms with van der Waals surface area (Å²) in [5.41, 5.74) is -6.20. The SMILES string of the molecule is O=S(=O)(N[C@H]1C[C@@](c2cc(F)ccc2F)(S(=O)(=O)c2ccc(Cl)cc2)C1)C(F)(F)F. The second-order valence-electron chi connectivity index (χ2n) is 6.75. The quantitative estimate of drug-likeness (QED) is 0.646. The largest absolute Gasteiger partial charge is 0.511 e. The zero-order valence-electron chi connectivity index (χ0n) is 14.8. The maximum Gasteiger partial charge on any atom is 0.511 e. The molecule has 3 rings (SSSR count). The first-order valence-corrected chi connectivity index (χ1v) is 11.6. The van der Waals surface area contributed by atoms with Gasteiger partial charge in [0, 0.05) is 16.6 Å². The van der Waals surface area contributed by atoms with Crippen molar-refractivity contribution in [1.29, 1.82) is 0 Å². The lowest BCUT2D eigenvalue weighted by Gasteiger charge is -2.47. The molecule has 1 aliphatic carbocycles. The highest BCUT2D eigenvalue weighted by atomic mass is 35.5. The van der Waals surface area contributed by atoms with Crippen LogP contribution in [-0.4, -0.2) is 28.4 Å². The Bertz CT molecular complexity index is 1180. The molecule has 0 radical (unpaired) electrons. The second-order valence-corrected chi connectivity index (χ2v) is 11.1. The topological polar surface area (TPSA) is 80.3 Å². The molecule has 0 bridgehead atoms. The molecule has 1 N–H and O–H groups in total. The molecule has 0 saturated heterocycles. The Kier molecular flexibility index (Phi) is 5.68. The molecule has 2 aromatic rings. The van der Waals surface area contributed by atoms with Crippen LogP contribution in [0.2, 0.25) is 5.02 Å². The first-order chi connectivity index (χ1) is 13.7. The van der Waals surface area contributed by atoms with E-state index in [1.165, 1.54) is 16.9 Å². The number of sulfonamides is 1. The molecule has 0 aliphatic heterocycles. The molecular formula is C17H13ClF5NO4S2. The molecular weight excluding hydrogens is 477 g/mol. The van der Waals surface area contributed by atoms with E-state index in [0.29, 0.717) is 12.1 Å². The van der Waals surface area contributed by atoms with E-state index in [2.05, 4.69) is 0 Å². The minimum absolute atomic E-state index is 0.198. The van der Waals surface area contributed by atoms with Crippen molar-refractivity contribution >= 4 is 31.5 Å². The molecule has 2 aromatic carbocycles. The van der Waals surface area contributed by atoms with Crippen LogP contribution in [0.1, 0.15) is 18.4 Å². The lowest BCUT2D eigenvalue weighted by molar-refractivity contribution is -0.0455. The lowest BCUT2D eigenvalue weighted by atomic mass is 9.75.